The monoisotopic (exact) mass is 221 g/mol. The molecule has 1 aromatic heterocycles. The number of rotatable bonds is 3. The van der Waals surface area contributed by atoms with Crippen LogP contribution in [0.4, 0.5) is 0 Å². The van der Waals surface area contributed by atoms with Crippen LogP contribution in [-0.2, 0) is 6.54 Å². The molecule has 2 aliphatic rings. The van der Waals surface area contributed by atoms with Gasteiger partial charge in [-0.3, -0.25) is 10.00 Å². The van der Waals surface area contributed by atoms with Crippen molar-refractivity contribution in [3.8, 4) is 0 Å². The SMILES string of the molecule is c1n[nH]c(CNC2CCN3CCCCC23)n1. The Bertz CT molecular complexity index is 323. The van der Waals surface area contributed by atoms with E-state index in [0.29, 0.717) is 6.04 Å². The highest BCUT2D eigenvalue weighted by Gasteiger charge is 2.34. The standard InChI is InChI=1S/C11H19N5/c1-2-5-16-6-4-9(10(16)3-1)12-7-11-13-8-14-15-11/h8-10,12H,1-7H2,(H,13,14,15). The molecule has 5 heteroatoms. The van der Waals surface area contributed by atoms with Crippen molar-refractivity contribution in [2.75, 3.05) is 13.1 Å². The molecule has 5 nitrogen and oxygen atoms in total. The lowest BCUT2D eigenvalue weighted by Crippen LogP contribution is -2.44. The molecule has 3 heterocycles. The van der Waals surface area contributed by atoms with E-state index in [-0.39, 0.29) is 0 Å². The first-order chi connectivity index (χ1) is 7.93. The zero-order valence-electron chi connectivity index (χ0n) is 9.52. The molecule has 88 valence electrons. The number of hydrogen-bond donors (Lipinski definition) is 2. The molecular weight excluding hydrogens is 202 g/mol. The molecule has 0 amide bonds. The molecule has 0 aliphatic carbocycles. The Morgan fingerprint density at radius 1 is 1.38 bits per heavy atom. The van der Waals surface area contributed by atoms with Crippen molar-refractivity contribution in [1.82, 2.24) is 25.4 Å². The molecule has 0 bridgehead atoms. The molecule has 2 fully saturated rings. The second-order valence-corrected chi connectivity index (χ2v) is 4.81. The van der Waals surface area contributed by atoms with Crippen LogP contribution in [0.2, 0.25) is 0 Å². The molecule has 2 unspecified atom stereocenters. The molecule has 0 saturated carbocycles. The number of aromatic nitrogens is 3. The number of nitrogens with zero attached hydrogens (tertiary/aromatic N) is 3. The van der Waals surface area contributed by atoms with Gasteiger partial charge in [-0.1, -0.05) is 6.42 Å². The van der Waals surface area contributed by atoms with Crippen molar-refractivity contribution in [2.45, 2.75) is 44.3 Å². The number of H-pyrrole nitrogens is 1. The molecule has 3 rings (SSSR count). The summed E-state index contributed by atoms with van der Waals surface area (Å²) in [5.74, 6) is 0.939. The minimum atomic E-state index is 0.644. The van der Waals surface area contributed by atoms with E-state index in [1.165, 1.54) is 38.8 Å². The molecule has 2 N–H and O–H groups in total. The van der Waals surface area contributed by atoms with Crippen molar-refractivity contribution in [3.05, 3.63) is 12.2 Å². The largest absolute Gasteiger partial charge is 0.305 e. The number of hydrogen-bond acceptors (Lipinski definition) is 4. The summed E-state index contributed by atoms with van der Waals surface area (Å²) in [7, 11) is 0. The maximum atomic E-state index is 4.14. The Labute approximate surface area is 95.6 Å². The number of nitrogens with one attached hydrogen (secondary N) is 2. The number of fused-ring (bicyclic) bond motifs is 1. The van der Waals surface area contributed by atoms with Crippen LogP contribution in [-0.4, -0.2) is 45.3 Å². The first kappa shape index (κ1) is 10.2. The minimum Gasteiger partial charge on any atom is -0.305 e. The molecule has 0 aromatic carbocycles. The fourth-order valence-electron chi connectivity index (χ4n) is 3.03. The van der Waals surface area contributed by atoms with Crippen LogP contribution in [0.5, 0.6) is 0 Å². The van der Waals surface area contributed by atoms with Gasteiger partial charge in [-0.25, -0.2) is 4.98 Å². The normalized spacial score (nSPS) is 30.5. The van der Waals surface area contributed by atoms with Crippen LogP contribution < -0.4 is 5.32 Å². The van der Waals surface area contributed by atoms with Gasteiger partial charge in [0.15, 0.2) is 0 Å². The third-order valence-electron chi connectivity index (χ3n) is 3.85. The highest BCUT2D eigenvalue weighted by molar-refractivity contribution is 4.95. The first-order valence-corrected chi connectivity index (χ1v) is 6.25. The summed E-state index contributed by atoms with van der Waals surface area (Å²) in [5, 5.41) is 10.4. The van der Waals surface area contributed by atoms with Crippen LogP contribution in [0.15, 0.2) is 6.33 Å². The molecule has 2 aliphatic heterocycles. The molecule has 16 heavy (non-hydrogen) atoms. The molecule has 0 radical (unpaired) electrons. The summed E-state index contributed by atoms with van der Waals surface area (Å²) in [4.78, 5) is 6.78. The van der Waals surface area contributed by atoms with Crippen molar-refractivity contribution in [1.29, 1.82) is 0 Å². The fraction of sp³-hybridized carbons (Fsp3) is 0.818. The average molecular weight is 221 g/mol. The van der Waals surface area contributed by atoms with Gasteiger partial charge in [0, 0.05) is 18.6 Å². The highest BCUT2D eigenvalue weighted by atomic mass is 15.2. The second kappa shape index (κ2) is 4.51. The van der Waals surface area contributed by atoms with E-state index in [4.69, 9.17) is 0 Å². The Hall–Kier alpha value is -0.940. The number of aromatic amines is 1. The number of piperidine rings is 1. The molecule has 2 atom stereocenters. The summed E-state index contributed by atoms with van der Waals surface area (Å²) in [5.41, 5.74) is 0. The fourth-order valence-corrected chi connectivity index (χ4v) is 3.03. The van der Waals surface area contributed by atoms with Crippen LogP contribution in [0, 0.1) is 0 Å². The lowest BCUT2D eigenvalue weighted by atomic mass is 9.99. The third kappa shape index (κ3) is 1.97. The van der Waals surface area contributed by atoms with Gasteiger partial charge in [-0.05, 0) is 25.8 Å². The minimum absolute atomic E-state index is 0.644. The molecule has 1 aromatic rings. The van der Waals surface area contributed by atoms with E-state index >= 15 is 0 Å². The summed E-state index contributed by atoms with van der Waals surface area (Å²) in [6, 6.07) is 1.40. The average Bonchev–Trinajstić information content (AvgIpc) is 2.96. The van der Waals surface area contributed by atoms with Crippen LogP contribution in [0.25, 0.3) is 0 Å². The summed E-state index contributed by atoms with van der Waals surface area (Å²) in [6.07, 6.45) is 6.97. The lowest BCUT2D eigenvalue weighted by molar-refractivity contribution is 0.180. The van der Waals surface area contributed by atoms with Gasteiger partial charge in [0.05, 0.1) is 6.54 Å². The molecule has 0 spiro atoms. The molecular formula is C11H19N5. The lowest BCUT2D eigenvalue weighted by Gasteiger charge is -2.32. The van der Waals surface area contributed by atoms with E-state index in [9.17, 15) is 0 Å². The van der Waals surface area contributed by atoms with Crippen molar-refractivity contribution < 1.29 is 0 Å². The van der Waals surface area contributed by atoms with E-state index in [1.807, 2.05) is 0 Å². The van der Waals surface area contributed by atoms with Crippen molar-refractivity contribution in [3.63, 3.8) is 0 Å². The Morgan fingerprint density at radius 2 is 2.38 bits per heavy atom. The Morgan fingerprint density at radius 3 is 3.25 bits per heavy atom. The second-order valence-electron chi connectivity index (χ2n) is 4.81. The smallest absolute Gasteiger partial charge is 0.138 e. The first-order valence-electron chi connectivity index (χ1n) is 6.25. The topological polar surface area (TPSA) is 56.8 Å². The predicted octanol–water partition coefficient (Wildman–Crippen LogP) is 0.521. The van der Waals surface area contributed by atoms with E-state index in [1.54, 1.807) is 6.33 Å². The molecule has 2 saturated heterocycles. The van der Waals surface area contributed by atoms with Crippen LogP contribution >= 0.6 is 0 Å². The predicted molar refractivity (Wildman–Crippen MR) is 60.8 cm³/mol. The zero-order valence-corrected chi connectivity index (χ0v) is 9.52. The quantitative estimate of drug-likeness (QED) is 0.781. The summed E-state index contributed by atoms with van der Waals surface area (Å²) < 4.78 is 0. The van der Waals surface area contributed by atoms with Gasteiger partial charge in [0.1, 0.15) is 12.2 Å². The van der Waals surface area contributed by atoms with Crippen molar-refractivity contribution >= 4 is 0 Å². The van der Waals surface area contributed by atoms with Gasteiger partial charge in [-0.2, -0.15) is 5.10 Å². The zero-order chi connectivity index (χ0) is 10.8. The van der Waals surface area contributed by atoms with E-state index in [2.05, 4.69) is 25.4 Å². The van der Waals surface area contributed by atoms with E-state index < -0.39 is 0 Å². The van der Waals surface area contributed by atoms with Gasteiger partial charge >= 0.3 is 0 Å². The summed E-state index contributed by atoms with van der Waals surface area (Å²) >= 11 is 0. The Kier molecular flexibility index (Phi) is 2.88. The Balaban J connectivity index is 1.55. The van der Waals surface area contributed by atoms with Gasteiger partial charge < -0.3 is 5.32 Å². The van der Waals surface area contributed by atoms with Crippen LogP contribution in [0.1, 0.15) is 31.5 Å². The summed E-state index contributed by atoms with van der Waals surface area (Å²) in [6.45, 7) is 3.37. The van der Waals surface area contributed by atoms with Crippen LogP contribution in [0.3, 0.4) is 0 Å². The highest BCUT2D eigenvalue weighted by Crippen LogP contribution is 2.27. The van der Waals surface area contributed by atoms with Gasteiger partial charge in [0.2, 0.25) is 0 Å². The van der Waals surface area contributed by atoms with Gasteiger partial charge in [-0.15, -0.1) is 0 Å². The maximum absolute atomic E-state index is 4.14. The van der Waals surface area contributed by atoms with E-state index in [0.717, 1.165) is 18.4 Å². The van der Waals surface area contributed by atoms with Gasteiger partial charge in [0.25, 0.3) is 0 Å². The maximum Gasteiger partial charge on any atom is 0.138 e. The van der Waals surface area contributed by atoms with Crippen molar-refractivity contribution in [2.24, 2.45) is 0 Å². The third-order valence-corrected chi connectivity index (χ3v) is 3.85.